The van der Waals surface area contributed by atoms with Gasteiger partial charge in [-0.15, -0.1) is 0 Å². The van der Waals surface area contributed by atoms with Crippen molar-refractivity contribution in [1.82, 2.24) is 4.90 Å². The summed E-state index contributed by atoms with van der Waals surface area (Å²) >= 11 is 0. The molecule has 30 heavy (non-hydrogen) atoms. The van der Waals surface area contributed by atoms with Crippen molar-refractivity contribution in [3.8, 4) is 0 Å². The first-order chi connectivity index (χ1) is 14.8. The standard InChI is InChI=1S/C28H31NO/c1-21-12-14-22(15-13-21)20-30-28-25-16-18-29(19-17-25)27(28)26(23-8-4-2-5-9-23)24-10-6-3-7-11-24/h2-15,25-28H,16-20H2,1H3/t27-,28-/m1/s1. The van der Waals surface area contributed by atoms with Gasteiger partial charge in [0, 0.05) is 12.0 Å². The van der Waals surface area contributed by atoms with E-state index in [0.29, 0.717) is 24.5 Å². The van der Waals surface area contributed by atoms with Crippen LogP contribution in [0.15, 0.2) is 84.9 Å². The van der Waals surface area contributed by atoms with Crippen LogP contribution in [0.5, 0.6) is 0 Å². The van der Waals surface area contributed by atoms with E-state index in [4.69, 9.17) is 4.74 Å². The van der Waals surface area contributed by atoms with Crippen LogP contribution >= 0.6 is 0 Å². The first kappa shape index (κ1) is 19.5. The molecule has 0 aromatic heterocycles. The number of ether oxygens (including phenoxy) is 1. The molecule has 2 bridgehead atoms. The first-order valence-corrected chi connectivity index (χ1v) is 11.3. The van der Waals surface area contributed by atoms with Crippen molar-refractivity contribution in [2.45, 2.75) is 44.4 Å². The van der Waals surface area contributed by atoms with Crippen molar-refractivity contribution in [1.29, 1.82) is 0 Å². The average Bonchev–Trinajstić information content (AvgIpc) is 2.82. The lowest BCUT2D eigenvalue weighted by Gasteiger charge is -2.53. The molecule has 0 amide bonds. The van der Waals surface area contributed by atoms with E-state index in [1.54, 1.807) is 0 Å². The van der Waals surface area contributed by atoms with Gasteiger partial charge in [0.05, 0.1) is 12.7 Å². The number of rotatable bonds is 6. The molecule has 3 saturated heterocycles. The molecular weight excluding hydrogens is 366 g/mol. The molecule has 3 aromatic rings. The summed E-state index contributed by atoms with van der Waals surface area (Å²) in [7, 11) is 0. The van der Waals surface area contributed by atoms with Crippen molar-refractivity contribution in [2.75, 3.05) is 13.1 Å². The Kier molecular flexibility index (Phi) is 5.70. The van der Waals surface area contributed by atoms with Gasteiger partial charge in [-0.1, -0.05) is 90.5 Å². The Morgan fingerprint density at radius 2 is 1.37 bits per heavy atom. The topological polar surface area (TPSA) is 12.5 Å². The molecule has 3 aliphatic rings. The summed E-state index contributed by atoms with van der Waals surface area (Å²) in [5, 5.41) is 0. The van der Waals surface area contributed by atoms with E-state index in [1.807, 2.05) is 0 Å². The zero-order valence-corrected chi connectivity index (χ0v) is 17.8. The molecule has 0 radical (unpaired) electrons. The lowest BCUT2D eigenvalue weighted by molar-refractivity contribution is -0.120. The maximum absolute atomic E-state index is 6.74. The highest BCUT2D eigenvalue weighted by Gasteiger charge is 2.47. The van der Waals surface area contributed by atoms with Gasteiger partial charge in [-0.05, 0) is 55.5 Å². The maximum Gasteiger partial charge on any atom is 0.0773 e. The molecule has 0 saturated carbocycles. The minimum absolute atomic E-state index is 0.263. The highest BCUT2D eigenvalue weighted by atomic mass is 16.5. The summed E-state index contributed by atoms with van der Waals surface area (Å²) in [6, 6.07) is 31.2. The van der Waals surface area contributed by atoms with E-state index >= 15 is 0 Å². The molecular formula is C28H31NO. The molecule has 2 nitrogen and oxygen atoms in total. The van der Waals surface area contributed by atoms with E-state index < -0.39 is 0 Å². The first-order valence-electron chi connectivity index (χ1n) is 11.3. The van der Waals surface area contributed by atoms with E-state index in [-0.39, 0.29) is 6.10 Å². The summed E-state index contributed by atoms with van der Waals surface area (Å²) in [6.45, 7) is 5.21. The van der Waals surface area contributed by atoms with Crippen LogP contribution < -0.4 is 0 Å². The Bertz CT molecular complexity index is 890. The molecule has 3 fully saturated rings. The molecule has 0 N–H and O–H groups in total. The summed E-state index contributed by atoms with van der Waals surface area (Å²) in [6.07, 6.45) is 2.77. The Morgan fingerprint density at radius 1 is 0.800 bits per heavy atom. The van der Waals surface area contributed by atoms with Gasteiger partial charge >= 0.3 is 0 Å². The minimum atomic E-state index is 0.263. The van der Waals surface area contributed by atoms with Gasteiger partial charge < -0.3 is 4.74 Å². The molecule has 0 unspecified atom stereocenters. The largest absolute Gasteiger partial charge is 0.372 e. The van der Waals surface area contributed by atoms with E-state index in [9.17, 15) is 0 Å². The molecule has 2 heteroatoms. The smallest absolute Gasteiger partial charge is 0.0773 e. The van der Waals surface area contributed by atoms with Crippen LogP contribution in [0.3, 0.4) is 0 Å². The summed E-state index contributed by atoms with van der Waals surface area (Å²) in [5.41, 5.74) is 5.36. The molecule has 6 rings (SSSR count). The number of nitrogens with zero attached hydrogens (tertiary/aromatic N) is 1. The van der Waals surface area contributed by atoms with Crippen LogP contribution in [0.1, 0.15) is 41.0 Å². The van der Waals surface area contributed by atoms with Crippen LogP contribution in [0, 0.1) is 12.8 Å². The SMILES string of the molecule is Cc1ccc(CO[C@@H]2C3CCN(CC3)[C@@H]2C(c2ccccc2)c2ccccc2)cc1. The third-order valence-electron chi connectivity index (χ3n) is 7.02. The molecule has 0 aliphatic carbocycles. The fourth-order valence-corrected chi connectivity index (χ4v) is 5.45. The number of hydrogen-bond acceptors (Lipinski definition) is 2. The monoisotopic (exact) mass is 397 g/mol. The lowest BCUT2D eigenvalue weighted by atomic mass is 9.72. The number of hydrogen-bond donors (Lipinski definition) is 0. The molecule has 0 spiro atoms. The fourth-order valence-electron chi connectivity index (χ4n) is 5.45. The summed E-state index contributed by atoms with van der Waals surface area (Å²) in [5.74, 6) is 0.985. The fraction of sp³-hybridized carbons (Fsp3) is 0.357. The van der Waals surface area contributed by atoms with E-state index in [0.717, 1.165) is 0 Å². The number of benzene rings is 3. The number of fused-ring (bicyclic) bond motifs is 3. The van der Waals surface area contributed by atoms with Crippen LogP contribution in [-0.2, 0) is 11.3 Å². The predicted molar refractivity (Wildman–Crippen MR) is 123 cm³/mol. The third-order valence-corrected chi connectivity index (χ3v) is 7.02. The van der Waals surface area contributed by atoms with Crippen molar-refractivity contribution in [2.24, 2.45) is 5.92 Å². The normalized spacial score (nSPS) is 25.5. The highest BCUT2D eigenvalue weighted by Crippen LogP contribution is 2.43. The van der Waals surface area contributed by atoms with Crippen molar-refractivity contribution >= 4 is 0 Å². The second-order valence-corrected chi connectivity index (χ2v) is 8.92. The van der Waals surface area contributed by atoms with Crippen molar-refractivity contribution in [3.05, 3.63) is 107 Å². The molecule has 154 valence electrons. The summed E-state index contributed by atoms with van der Waals surface area (Å²) in [4.78, 5) is 2.70. The maximum atomic E-state index is 6.74. The molecule has 2 atom stereocenters. The van der Waals surface area contributed by atoms with Gasteiger partial charge in [0.1, 0.15) is 0 Å². The molecule has 3 heterocycles. The van der Waals surface area contributed by atoms with Crippen molar-refractivity contribution < 1.29 is 4.74 Å². The van der Waals surface area contributed by atoms with Gasteiger partial charge in [-0.2, -0.15) is 0 Å². The Balaban J connectivity index is 1.48. The van der Waals surface area contributed by atoms with E-state index in [2.05, 4.69) is 96.8 Å². The number of aryl methyl sites for hydroxylation is 1. The van der Waals surface area contributed by atoms with E-state index in [1.165, 1.54) is 48.2 Å². The van der Waals surface area contributed by atoms with Crippen LogP contribution in [0.25, 0.3) is 0 Å². The Hall–Kier alpha value is -2.42. The van der Waals surface area contributed by atoms with Gasteiger partial charge in [-0.3, -0.25) is 4.90 Å². The second-order valence-electron chi connectivity index (χ2n) is 8.92. The quantitative estimate of drug-likeness (QED) is 0.521. The lowest BCUT2D eigenvalue weighted by Crippen LogP contribution is -2.60. The van der Waals surface area contributed by atoms with Gasteiger partial charge in [0.25, 0.3) is 0 Å². The van der Waals surface area contributed by atoms with Gasteiger partial charge in [0.2, 0.25) is 0 Å². The highest BCUT2D eigenvalue weighted by molar-refractivity contribution is 5.35. The van der Waals surface area contributed by atoms with Crippen LogP contribution in [0.4, 0.5) is 0 Å². The van der Waals surface area contributed by atoms with Crippen LogP contribution in [0.2, 0.25) is 0 Å². The predicted octanol–water partition coefficient (Wildman–Crippen LogP) is 5.81. The van der Waals surface area contributed by atoms with Gasteiger partial charge in [-0.25, -0.2) is 0 Å². The zero-order chi connectivity index (χ0) is 20.3. The summed E-state index contributed by atoms with van der Waals surface area (Å²) < 4.78 is 6.74. The Labute approximate surface area is 180 Å². The average molecular weight is 398 g/mol. The third kappa shape index (κ3) is 3.95. The molecule has 3 aliphatic heterocycles. The Morgan fingerprint density at radius 3 is 1.93 bits per heavy atom. The van der Waals surface area contributed by atoms with Gasteiger partial charge in [0.15, 0.2) is 0 Å². The zero-order valence-electron chi connectivity index (χ0n) is 17.8. The second kappa shape index (κ2) is 8.75. The minimum Gasteiger partial charge on any atom is -0.372 e. The van der Waals surface area contributed by atoms with Crippen LogP contribution in [-0.4, -0.2) is 30.1 Å². The molecule has 3 aromatic carbocycles. The number of piperidine rings is 3. The van der Waals surface area contributed by atoms with Crippen molar-refractivity contribution in [3.63, 3.8) is 0 Å².